The molecule has 2 N–H and O–H groups in total. The van der Waals surface area contributed by atoms with Gasteiger partial charge in [-0.05, 0) is 30.9 Å². The van der Waals surface area contributed by atoms with E-state index in [1.165, 1.54) is 6.07 Å². The largest absolute Gasteiger partial charge is 0.396 e. The van der Waals surface area contributed by atoms with E-state index in [0.717, 1.165) is 23.7 Å². The van der Waals surface area contributed by atoms with Crippen molar-refractivity contribution in [1.29, 1.82) is 0 Å². The van der Waals surface area contributed by atoms with E-state index in [-0.39, 0.29) is 12.4 Å². The highest BCUT2D eigenvalue weighted by atomic mass is 79.9. The number of hydrogen-bond donors (Lipinski definition) is 2. The molecule has 1 aliphatic carbocycles. The Balaban J connectivity index is 1.93. The summed E-state index contributed by atoms with van der Waals surface area (Å²) in [7, 11) is 0. The maximum absolute atomic E-state index is 13.6. The van der Waals surface area contributed by atoms with Gasteiger partial charge in [-0.15, -0.1) is 0 Å². The molecule has 4 heteroatoms. The molecule has 1 aromatic rings. The van der Waals surface area contributed by atoms with Crippen LogP contribution in [0.25, 0.3) is 0 Å². The molecule has 0 spiro atoms. The molecule has 2 unspecified atom stereocenters. The van der Waals surface area contributed by atoms with E-state index >= 15 is 0 Å². The first-order valence-corrected chi connectivity index (χ1v) is 6.78. The van der Waals surface area contributed by atoms with Gasteiger partial charge in [0.1, 0.15) is 5.82 Å². The van der Waals surface area contributed by atoms with Gasteiger partial charge in [0.2, 0.25) is 0 Å². The van der Waals surface area contributed by atoms with Gasteiger partial charge >= 0.3 is 0 Å². The molecule has 0 aromatic heterocycles. The topological polar surface area (TPSA) is 32.3 Å². The van der Waals surface area contributed by atoms with Crippen molar-refractivity contribution in [2.24, 2.45) is 5.92 Å². The molecule has 1 aromatic carbocycles. The first-order chi connectivity index (χ1) is 8.20. The highest BCUT2D eigenvalue weighted by Crippen LogP contribution is 2.25. The average Bonchev–Trinajstić information content (AvgIpc) is 2.75. The Morgan fingerprint density at radius 1 is 1.41 bits per heavy atom. The molecule has 1 fully saturated rings. The highest BCUT2D eigenvalue weighted by Gasteiger charge is 2.25. The minimum absolute atomic E-state index is 0.189. The molecule has 17 heavy (non-hydrogen) atoms. The predicted octanol–water partition coefficient (Wildman–Crippen LogP) is 2.84. The minimum atomic E-state index is -0.189. The summed E-state index contributed by atoms with van der Waals surface area (Å²) in [6, 6.07) is 5.44. The Morgan fingerprint density at radius 2 is 2.24 bits per heavy atom. The minimum Gasteiger partial charge on any atom is -0.396 e. The molecule has 0 radical (unpaired) electrons. The summed E-state index contributed by atoms with van der Waals surface area (Å²) in [4.78, 5) is 0. The number of hydrogen-bond acceptors (Lipinski definition) is 2. The lowest BCUT2D eigenvalue weighted by Crippen LogP contribution is -2.33. The van der Waals surface area contributed by atoms with Gasteiger partial charge in [0.15, 0.2) is 0 Å². The number of aliphatic hydroxyl groups excluding tert-OH is 1. The van der Waals surface area contributed by atoms with Crippen LogP contribution in [0.5, 0.6) is 0 Å². The molecule has 2 rings (SSSR count). The van der Waals surface area contributed by atoms with Gasteiger partial charge in [-0.2, -0.15) is 0 Å². The van der Waals surface area contributed by atoms with Gasteiger partial charge in [-0.25, -0.2) is 4.39 Å². The number of aliphatic hydroxyl groups is 1. The third kappa shape index (κ3) is 3.27. The zero-order chi connectivity index (χ0) is 12.3. The quantitative estimate of drug-likeness (QED) is 0.896. The molecule has 2 atom stereocenters. The second kappa shape index (κ2) is 5.94. The van der Waals surface area contributed by atoms with E-state index < -0.39 is 0 Å². The smallest absolute Gasteiger partial charge is 0.128 e. The van der Waals surface area contributed by atoms with Gasteiger partial charge in [0.05, 0.1) is 0 Å². The van der Waals surface area contributed by atoms with E-state index in [9.17, 15) is 9.50 Å². The van der Waals surface area contributed by atoms with Crippen molar-refractivity contribution in [2.45, 2.75) is 31.8 Å². The van der Waals surface area contributed by atoms with E-state index in [0.29, 0.717) is 24.1 Å². The Bertz CT molecular complexity index is 386. The summed E-state index contributed by atoms with van der Waals surface area (Å²) < 4.78 is 14.3. The summed E-state index contributed by atoms with van der Waals surface area (Å²) in [6.07, 6.45) is 3.28. The van der Waals surface area contributed by atoms with E-state index in [1.54, 1.807) is 6.07 Å². The highest BCUT2D eigenvalue weighted by molar-refractivity contribution is 9.10. The normalized spacial score (nSPS) is 24.2. The number of benzene rings is 1. The van der Waals surface area contributed by atoms with Gasteiger partial charge in [0, 0.05) is 29.2 Å². The molecular formula is C13H17BrFNO. The van der Waals surface area contributed by atoms with Gasteiger partial charge in [-0.3, -0.25) is 0 Å². The lowest BCUT2D eigenvalue weighted by atomic mass is 10.0. The second-order valence-electron chi connectivity index (χ2n) is 4.60. The van der Waals surface area contributed by atoms with Crippen LogP contribution >= 0.6 is 15.9 Å². The number of nitrogens with one attached hydrogen (secondary N) is 1. The summed E-state index contributed by atoms with van der Waals surface area (Å²) >= 11 is 3.24. The fourth-order valence-electron chi connectivity index (χ4n) is 2.43. The van der Waals surface area contributed by atoms with Crippen LogP contribution < -0.4 is 5.32 Å². The first-order valence-electron chi connectivity index (χ1n) is 5.99. The van der Waals surface area contributed by atoms with Crippen molar-refractivity contribution < 1.29 is 9.50 Å². The standard InChI is InChI=1S/C13H17BrFNO/c14-11-5-4-9(12(15)6-11)7-16-13-3-1-2-10(13)8-17/h4-6,10,13,16-17H,1-3,7-8H2. The molecule has 1 aliphatic rings. The predicted molar refractivity (Wildman–Crippen MR) is 69.2 cm³/mol. The molecule has 0 bridgehead atoms. The van der Waals surface area contributed by atoms with E-state index in [4.69, 9.17) is 0 Å². The van der Waals surface area contributed by atoms with Crippen molar-refractivity contribution in [1.82, 2.24) is 5.32 Å². The lowest BCUT2D eigenvalue weighted by molar-refractivity contribution is 0.205. The van der Waals surface area contributed by atoms with Crippen molar-refractivity contribution >= 4 is 15.9 Å². The van der Waals surface area contributed by atoms with Gasteiger partial charge < -0.3 is 10.4 Å². The fraction of sp³-hybridized carbons (Fsp3) is 0.538. The zero-order valence-electron chi connectivity index (χ0n) is 9.63. The lowest BCUT2D eigenvalue weighted by Gasteiger charge is -2.19. The van der Waals surface area contributed by atoms with Crippen LogP contribution in [0.15, 0.2) is 22.7 Å². The fourth-order valence-corrected chi connectivity index (χ4v) is 2.76. The maximum atomic E-state index is 13.6. The molecule has 94 valence electrons. The van der Waals surface area contributed by atoms with Crippen molar-refractivity contribution in [3.05, 3.63) is 34.1 Å². The van der Waals surface area contributed by atoms with Crippen LogP contribution in [0.2, 0.25) is 0 Å². The van der Waals surface area contributed by atoms with Crippen LogP contribution in [0.3, 0.4) is 0 Å². The molecular weight excluding hydrogens is 285 g/mol. The molecule has 0 saturated heterocycles. The monoisotopic (exact) mass is 301 g/mol. The zero-order valence-corrected chi connectivity index (χ0v) is 11.2. The van der Waals surface area contributed by atoms with Crippen molar-refractivity contribution in [3.63, 3.8) is 0 Å². The van der Waals surface area contributed by atoms with E-state index in [1.807, 2.05) is 6.07 Å². The Hall–Kier alpha value is -0.450. The average molecular weight is 302 g/mol. The van der Waals surface area contributed by atoms with Crippen molar-refractivity contribution in [2.75, 3.05) is 6.61 Å². The summed E-state index contributed by atoms with van der Waals surface area (Å²) in [5, 5.41) is 12.5. The van der Waals surface area contributed by atoms with Crippen LogP contribution in [-0.4, -0.2) is 17.8 Å². The van der Waals surface area contributed by atoms with Crippen LogP contribution in [-0.2, 0) is 6.54 Å². The summed E-state index contributed by atoms with van der Waals surface area (Å²) in [6.45, 7) is 0.751. The Kier molecular flexibility index (Phi) is 4.54. The van der Waals surface area contributed by atoms with Crippen LogP contribution in [0, 0.1) is 11.7 Å². The molecule has 0 heterocycles. The maximum Gasteiger partial charge on any atom is 0.128 e. The second-order valence-corrected chi connectivity index (χ2v) is 5.51. The van der Waals surface area contributed by atoms with Crippen LogP contribution in [0.4, 0.5) is 4.39 Å². The van der Waals surface area contributed by atoms with Crippen LogP contribution in [0.1, 0.15) is 24.8 Å². The Labute approximate surface area is 109 Å². The summed E-state index contributed by atoms with van der Waals surface area (Å²) in [5.74, 6) is 0.138. The van der Waals surface area contributed by atoms with Gasteiger partial charge in [0.25, 0.3) is 0 Å². The molecule has 0 aliphatic heterocycles. The third-order valence-electron chi connectivity index (χ3n) is 3.46. The molecule has 2 nitrogen and oxygen atoms in total. The molecule has 1 saturated carbocycles. The number of halogens is 2. The van der Waals surface area contributed by atoms with Crippen molar-refractivity contribution in [3.8, 4) is 0 Å². The SMILES string of the molecule is OCC1CCCC1NCc1ccc(Br)cc1F. The molecule has 0 amide bonds. The first kappa shape index (κ1) is 13.0. The third-order valence-corrected chi connectivity index (χ3v) is 3.96. The van der Waals surface area contributed by atoms with E-state index in [2.05, 4.69) is 21.2 Å². The van der Waals surface area contributed by atoms with Gasteiger partial charge in [-0.1, -0.05) is 28.4 Å². The Morgan fingerprint density at radius 3 is 2.94 bits per heavy atom. The number of rotatable bonds is 4. The summed E-state index contributed by atoms with van der Waals surface area (Å²) in [5.41, 5.74) is 0.678.